The average molecular weight is 344 g/mol. The lowest BCUT2D eigenvalue weighted by Crippen LogP contribution is -2.33. The minimum absolute atomic E-state index is 0.0316. The Hall–Kier alpha value is -3.14. The monoisotopic (exact) mass is 344 g/mol. The van der Waals surface area contributed by atoms with Gasteiger partial charge in [0.1, 0.15) is 18.2 Å². The SMILES string of the molecule is CC1(C)C(=O)N(c2ccc(OCc3ccccc3)cc2)c2ncccc21. The molecule has 0 saturated carbocycles. The van der Waals surface area contributed by atoms with E-state index >= 15 is 0 Å². The van der Waals surface area contributed by atoms with Crippen molar-refractivity contribution in [2.75, 3.05) is 4.90 Å². The summed E-state index contributed by atoms with van der Waals surface area (Å²) in [6, 6.07) is 21.5. The summed E-state index contributed by atoms with van der Waals surface area (Å²) in [5.74, 6) is 1.51. The van der Waals surface area contributed by atoms with E-state index in [1.54, 1.807) is 11.1 Å². The van der Waals surface area contributed by atoms with Gasteiger partial charge in [0.25, 0.3) is 0 Å². The molecule has 0 bridgehead atoms. The maximum Gasteiger partial charge on any atom is 0.242 e. The molecule has 4 nitrogen and oxygen atoms in total. The van der Waals surface area contributed by atoms with Crippen molar-refractivity contribution in [2.45, 2.75) is 25.9 Å². The van der Waals surface area contributed by atoms with Gasteiger partial charge in [-0.1, -0.05) is 36.4 Å². The van der Waals surface area contributed by atoms with Gasteiger partial charge in [-0.3, -0.25) is 9.69 Å². The molecule has 1 aliphatic rings. The summed E-state index contributed by atoms with van der Waals surface area (Å²) < 4.78 is 5.83. The first-order chi connectivity index (χ1) is 12.6. The molecular weight excluding hydrogens is 324 g/mol. The van der Waals surface area contributed by atoms with E-state index in [2.05, 4.69) is 4.98 Å². The normalized spacial score (nSPS) is 15.0. The first-order valence-electron chi connectivity index (χ1n) is 8.64. The Bertz CT molecular complexity index is 934. The lowest BCUT2D eigenvalue weighted by molar-refractivity contribution is -0.121. The zero-order valence-corrected chi connectivity index (χ0v) is 14.8. The maximum absolute atomic E-state index is 12.9. The number of hydrogen-bond donors (Lipinski definition) is 0. The third-order valence-electron chi connectivity index (χ3n) is 4.75. The summed E-state index contributed by atoms with van der Waals surface area (Å²) in [6.07, 6.45) is 1.72. The van der Waals surface area contributed by atoms with Gasteiger partial charge in [-0.25, -0.2) is 4.98 Å². The van der Waals surface area contributed by atoms with Crippen molar-refractivity contribution >= 4 is 17.4 Å². The third kappa shape index (κ3) is 2.73. The Kier molecular flexibility index (Phi) is 3.96. The number of ether oxygens (including phenoxy) is 1. The predicted molar refractivity (Wildman–Crippen MR) is 102 cm³/mol. The van der Waals surface area contributed by atoms with E-state index in [1.807, 2.05) is 80.6 Å². The van der Waals surface area contributed by atoms with E-state index < -0.39 is 5.41 Å². The fourth-order valence-corrected chi connectivity index (χ4v) is 3.23. The molecule has 0 N–H and O–H groups in total. The number of benzene rings is 2. The van der Waals surface area contributed by atoms with Crippen LogP contribution in [0.1, 0.15) is 25.0 Å². The number of pyridine rings is 1. The molecule has 1 aliphatic heterocycles. The van der Waals surface area contributed by atoms with Gasteiger partial charge in [0.05, 0.1) is 11.1 Å². The minimum atomic E-state index is -0.577. The van der Waals surface area contributed by atoms with Crippen LogP contribution in [0, 0.1) is 0 Å². The summed E-state index contributed by atoms with van der Waals surface area (Å²) >= 11 is 0. The fraction of sp³-hybridized carbons (Fsp3) is 0.182. The molecular formula is C22H20N2O2. The summed E-state index contributed by atoms with van der Waals surface area (Å²) in [5.41, 5.74) is 2.29. The smallest absolute Gasteiger partial charge is 0.242 e. The van der Waals surface area contributed by atoms with Crippen molar-refractivity contribution < 1.29 is 9.53 Å². The van der Waals surface area contributed by atoms with Crippen LogP contribution in [0.3, 0.4) is 0 Å². The van der Waals surface area contributed by atoms with Gasteiger partial charge in [-0.15, -0.1) is 0 Å². The molecule has 1 aromatic heterocycles. The van der Waals surface area contributed by atoms with Crippen LogP contribution in [0.15, 0.2) is 72.9 Å². The summed E-state index contributed by atoms with van der Waals surface area (Å²) in [7, 11) is 0. The van der Waals surface area contributed by atoms with Gasteiger partial charge in [0.15, 0.2) is 0 Å². The van der Waals surface area contributed by atoms with Crippen LogP contribution in [0.5, 0.6) is 5.75 Å². The Morgan fingerprint density at radius 2 is 1.69 bits per heavy atom. The number of carbonyl (C=O) groups is 1. The Labute approximate surface area is 153 Å². The molecule has 1 amide bonds. The van der Waals surface area contributed by atoms with Crippen LogP contribution < -0.4 is 9.64 Å². The molecule has 0 saturated heterocycles. The molecule has 0 spiro atoms. The zero-order chi connectivity index (χ0) is 18.1. The average Bonchev–Trinajstić information content (AvgIpc) is 2.88. The molecule has 0 unspecified atom stereocenters. The highest BCUT2D eigenvalue weighted by Gasteiger charge is 2.45. The quantitative estimate of drug-likeness (QED) is 0.694. The van der Waals surface area contributed by atoms with E-state index in [0.717, 1.165) is 22.6 Å². The molecule has 0 fully saturated rings. The van der Waals surface area contributed by atoms with Crippen molar-refractivity contribution in [3.05, 3.63) is 84.1 Å². The van der Waals surface area contributed by atoms with Gasteiger partial charge in [0, 0.05) is 11.8 Å². The second-order valence-electron chi connectivity index (χ2n) is 6.91. The molecule has 130 valence electrons. The maximum atomic E-state index is 12.9. The number of carbonyl (C=O) groups excluding carboxylic acids is 1. The van der Waals surface area contributed by atoms with Gasteiger partial charge >= 0.3 is 0 Å². The molecule has 0 aliphatic carbocycles. The number of anilines is 2. The van der Waals surface area contributed by atoms with Crippen molar-refractivity contribution in [3.63, 3.8) is 0 Å². The van der Waals surface area contributed by atoms with Crippen molar-refractivity contribution in [1.82, 2.24) is 4.98 Å². The lowest BCUT2D eigenvalue weighted by Gasteiger charge is -2.20. The zero-order valence-electron chi connectivity index (χ0n) is 14.8. The first kappa shape index (κ1) is 16.3. The standard InChI is InChI=1S/C22H20N2O2/c1-22(2)19-9-6-14-23-20(19)24(21(22)25)17-10-12-18(13-11-17)26-15-16-7-4-3-5-8-16/h3-14H,15H2,1-2H3. The second kappa shape index (κ2) is 6.30. The molecule has 2 heterocycles. The summed E-state index contributed by atoms with van der Waals surface area (Å²) in [6.45, 7) is 4.39. The number of hydrogen-bond acceptors (Lipinski definition) is 3. The first-order valence-corrected chi connectivity index (χ1v) is 8.64. The van der Waals surface area contributed by atoms with Crippen LogP contribution in [-0.4, -0.2) is 10.9 Å². The fourth-order valence-electron chi connectivity index (χ4n) is 3.23. The van der Waals surface area contributed by atoms with Crippen LogP contribution in [0.25, 0.3) is 0 Å². The number of rotatable bonds is 4. The van der Waals surface area contributed by atoms with E-state index in [9.17, 15) is 4.79 Å². The summed E-state index contributed by atoms with van der Waals surface area (Å²) in [5, 5.41) is 0. The second-order valence-corrected chi connectivity index (χ2v) is 6.91. The Balaban J connectivity index is 1.57. The van der Waals surface area contributed by atoms with E-state index in [1.165, 1.54) is 0 Å². The van der Waals surface area contributed by atoms with Crippen LogP contribution in [-0.2, 0) is 16.8 Å². The highest BCUT2D eigenvalue weighted by molar-refractivity contribution is 6.11. The van der Waals surface area contributed by atoms with Crippen LogP contribution >= 0.6 is 0 Å². The van der Waals surface area contributed by atoms with Gasteiger partial charge < -0.3 is 4.74 Å². The van der Waals surface area contributed by atoms with Crippen LogP contribution in [0.4, 0.5) is 11.5 Å². The van der Waals surface area contributed by atoms with Gasteiger partial charge in [0.2, 0.25) is 5.91 Å². The molecule has 26 heavy (non-hydrogen) atoms. The third-order valence-corrected chi connectivity index (χ3v) is 4.75. The molecule has 0 atom stereocenters. The van der Waals surface area contributed by atoms with Gasteiger partial charge in [-0.2, -0.15) is 0 Å². The topological polar surface area (TPSA) is 42.4 Å². The lowest BCUT2D eigenvalue weighted by atomic mass is 9.87. The molecule has 3 aromatic rings. The number of nitrogens with zero attached hydrogens (tertiary/aromatic N) is 2. The van der Waals surface area contributed by atoms with E-state index in [4.69, 9.17) is 4.74 Å². The van der Waals surface area contributed by atoms with Crippen LogP contribution in [0.2, 0.25) is 0 Å². The highest BCUT2D eigenvalue weighted by atomic mass is 16.5. The van der Waals surface area contributed by atoms with Crippen molar-refractivity contribution in [1.29, 1.82) is 0 Å². The Morgan fingerprint density at radius 1 is 0.962 bits per heavy atom. The van der Waals surface area contributed by atoms with E-state index in [0.29, 0.717) is 12.4 Å². The predicted octanol–water partition coefficient (Wildman–Crippen LogP) is 4.62. The minimum Gasteiger partial charge on any atom is -0.489 e. The largest absolute Gasteiger partial charge is 0.489 e. The Morgan fingerprint density at radius 3 is 2.42 bits per heavy atom. The molecule has 2 aromatic carbocycles. The number of fused-ring (bicyclic) bond motifs is 1. The molecule has 4 rings (SSSR count). The van der Waals surface area contributed by atoms with Crippen molar-refractivity contribution in [2.24, 2.45) is 0 Å². The van der Waals surface area contributed by atoms with Crippen molar-refractivity contribution in [3.8, 4) is 5.75 Å². The number of aromatic nitrogens is 1. The molecule has 0 radical (unpaired) electrons. The van der Waals surface area contributed by atoms with Gasteiger partial charge in [-0.05, 0) is 49.7 Å². The molecule has 4 heteroatoms. The number of amides is 1. The summed E-state index contributed by atoms with van der Waals surface area (Å²) in [4.78, 5) is 19.1. The van der Waals surface area contributed by atoms with E-state index in [-0.39, 0.29) is 5.91 Å². The highest BCUT2D eigenvalue weighted by Crippen LogP contribution is 2.43.